The molecule has 0 saturated heterocycles. The molecule has 4 atom stereocenters. The molecule has 2 rings (SSSR count). The second-order valence-electron chi connectivity index (χ2n) is 4.47. The molecule has 2 aliphatic rings. The fraction of sp³-hybridized carbons (Fsp3) is 0.833. The molecule has 0 nitrogen and oxygen atoms in total. The SMILES string of the molecule is CCCC1C2C=CC(C2)C1CC. The topological polar surface area (TPSA) is 0 Å². The molecule has 0 radical (unpaired) electrons. The van der Waals surface area contributed by atoms with E-state index in [-0.39, 0.29) is 0 Å². The van der Waals surface area contributed by atoms with Crippen LogP contribution in [0, 0.1) is 23.7 Å². The molecule has 0 aromatic rings. The normalized spacial score (nSPS) is 44.2. The molecule has 1 saturated carbocycles. The van der Waals surface area contributed by atoms with E-state index in [1.807, 2.05) is 0 Å². The van der Waals surface area contributed by atoms with Gasteiger partial charge in [0.15, 0.2) is 0 Å². The molecule has 1 fully saturated rings. The Balaban J connectivity index is 2.07. The highest BCUT2D eigenvalue weighted by molar-refractivity contribution is 5.13. The first-order chi connectivity index (χ1) is 5.86. The first-order valence-electron chi connectivity index (χ1n) is 5.55. The fourth-order valence-corrected chi connectivity index (χ4v) is 3.39. The molecule has 2 bridgehead atoms. The van der Waals surface area contributed by atoms with Crippen LogP contribution < -0.4 is 0 Å². The summed E-state index contributed by atoms with van der Waals surface area (Å²) in [5.74, 6) is 3.98. The summed E-state index contributed by atoms with van der Waals surface area (Å²) in [6.45, 7) is 4.68. The third-order valence-electron chi connectivity index (χ3n) is 3.89. The number of fused-ring (bicyclic) bond motifs is 2. The number of hydrogen-bond acceptors (Lipinski definition) is 0. The summed E-state index contributed by atoms with van der Waals surface area (Å²) in [4.78, 5) is 0. The van der Waals surface area contributed by atoms with Gasteiger partial charge in [-0.25, -0.2) is 0 Å². The van der Waals surface area contributed by atoms with Gasteiger partial charge in [0.2, 0.25) is 0 Å². The van der Waals surface area contributed by atoms with Gasteiger partial charge in [-0.05, 0) is 36.5 Å². The highest BCUT2D eigenvalue weighted by atomic mass is 14.5. The van der Waals surface area contributed by atoms with Crippen molar-refractivity contribution in [3.63, 3.8) is 0 Å². The summed E-state index contributed by atoms with van der Waals surface area (Å²) >= 11 is 0. The summed E-state index contributed by atoms with van der Waals surface area (Å²) in [7, 11) is 0. The zero-order valence-corrected chi connectivity index (χ0v) is 8.29. The van der Waals surface area contributed by atoms with Crippen LogP contribution in [-0.2, 0) is 0 Å². The highest BCUT2D eigenvalue weighted by Gasteiger charge is 2.42. The minimum absolute atomic E-state index is 0.955. The van der Waals surface area contributed by atoms with Crippen molar-refractivity contribution < 1.29 is 0 Å². The summed E-state index contributed by atoms with van der Waals surface area (Å²) in [5.41, 5.74) is 0. The molecule has 0 spiro atoms. The van der Waals surface area contributed by atoms with Crippen LogP contribution >= 0.6 is 0 Å². The Hall–Kier alpha value is -0.260. The second-order valence-corrected chi connectivity index (χ2v) is 4.47. The maximum atomic E-state index is 2.48. The van der Waals surface area contributed by atoms with Gasteiger partial charge < -0.3 is 0 Å². The Kier molecular flexibility index (Phi) is 2.25. The highest BCUT2D eigenvalue weighted by Crippen LogP contribution is 2.50. The average Bonchev–Trinajstić information content (AvgIpc) is 2.64. The molecule has 0 amide bonds. The van der Waals surface area contributed by atoms with E-state index >= 15 is 0 Å². The van der Waals surface area contributed by atoms with Gasteiger partial charge in [0.1, 0.15) is 0 Å². The van der Waals surface area contributed by atoms with Gasteiger partial charge in [-0.15, -0.1) is 0 Å². The zero-order valence-electron chi connectivity index (χ0n) is 8.29. The van der Waals surface area contributed by atoms with Gasteiger partial charge in [0.05, 0.1) is 0 Å². The number of allylic oxidation sites excluding steroid dienone is 2. The molecule has 0 heteroatoms. The zero-order chi connectivity index (χ0) is 8.55. The Morgan fingerprint density at radius 1 is 1.08 bits per heavy atom. The predicted octanol–water partition coefficient (Wildman–Crippen LogP) is 3.63. The van der Waals surface area contributed by atoms with Crippen LogP contribution in [-0.4, -0.2) is 0 Å². The molecule has 0 heterocycles. The average molecular weight is 164 g/mol. The largest absolute Gasteiger partial charge is 0.0848 e. The van der Waals surface area contributed by atoms with Crippen LogP contribution in [0.1, 0.15) is 39.5 Å². The van der Waals surface area contributed by atoms with Crippen molar-refractivity contribution in [2.24, 2.45) is 23.7 Å². The molecule has 0 N–H and O–H groups in total. The molecular weight excluding hydrogens is 144 g/mol. The predicted molar refractivity (Wildman–Crippen MR) is 52.9 cm³/mol. The van der Waals surface area contributed by atoms with Crippen molar-refractivity contribution in [1.82, 2.24) is 0 Å². The van der Waals surface area contributed by atoms with Crippen LogP contribution in [0.15, 0.2) is 12.2 Å². The van der Waals surface area contributed by atoms with E-state index in [9.17, 15) is 0 Å². The van der Waals surface area contributed by atoms with Crippen molar-refractivity contribution >= 4 is 0 Å². The monoisotopic (exact) mass is 164 g/mol. The first-order valence-corrected chi connectivity index (χ1v) is 5.55. The third-order valence-corrected chi connectivity index (χ3v) is 3.89. The smallest absolute Gasteiger partial charge is 0.0196 e. The summed E-state index contributed by atoms with van der Waals surface area (Å²) in [6.07, 6.45) is 10.7. The maximum absolute atomic E-state index is 2.48. The lowest BCUT2D eigenvalue weighted by Gasteiger charge is -2.26. The lowest BCUT2D eigenvalue weighted by Crippen LogP contribution is -2.18. The second kappa shape index (κ2) is 3.24. The van der Waals surface area contributed by atoms with E-state index < -0.39 is 0 Å². The van der Waals surface area contributed by atoms with Crippen molar-refractivity contribution in [2.45, 2.75) is 39.5 Å². The van der Waals surface area contributed by atoms with Crippen LogP contribution in [0.25, 0.3) is 0 Å². The van der Waals surface area contributed by atoms with Gasteiger partial charge in [-0.3, -0.25) is 0 Å². The Bertz CT molecular complexity index is 180. The summed E-state index contributed by atoms with van der Waals surface area (Å²) in [6, 6.07) is 0. The van der Waals surface area contributed by atoms with Crippen LogP contribution in [0.4, 0.5) is 0 Å². The molecule has 68 valence electrons. The van der Waals surface area contributed by atoms with E-state index in [0.717, 1.165) is 23.7 Å². The molecule has 0 aromatic carbocycles. The van der Waals surface area contributed by atoms with Crippen molar-refractivity contribution in [1.29, 1.82) is 0 Å². The molecule has 0 aliphatic heterocycles. The minimum atomic E-state index is 0.955. The quantitative estimate of drug-likeness (QED) is 0.559. The summed E-state index contributed by atoms with van der Waals surface area (Å²) in [5, 5.41) is 0. The van der Waals surface area contributed by atoms with Crippen molar-refractivity contribution in [2.75, 3.05) is 0 Å². The maximum Gasteiger partial charge on any atom is -0.0196 e. The van der Waals surface area contributed by atoms with E-state index in [1.165, 1.54) is 25.7 Å². The van der Waals surface area contributed by atoms with Gasteiger partial charge in [-0.1, -0.05) is 38.8 Å². The van der Waals surface area contributed by atoms with Gasteiger partial charge in [-0.2, -0.15) is 0 Å². The molecule has 2 aliphatic carbocycles. The van der Waals surface area contributed by atoms with Gasteiger partial charge >= 0.3 is 0 Å². The van der Waals surface area contributed by atoms with Gasteiger partial charge in [0.25, 0.3) is 0 Å². The van der Waals surface area contributed by atoms with E-state index in [4.69, 9.17) is 0 Å². The molecule has 12 heavy (non-hydrogen) atoms. The Morgan fingerprint density at radius 3 is 2.33 bits per heavy atom. The number of hydrogen-bond donors (Lipinski definition) is 0. The molecule has 4 unspecified atom stereocenters. The van der Waals surface area contributed by atoms with E-state index in [1.54, 1.807) is 0 Å². The number of rotatable bonds is 3. The first kappa shape index (κ1) is 8.34. The third kappa shape index (κ3) is 1.12. The molecule has 0 aromatic heterocycles. The lowest BCUT2D eigenvalue weighted by atomic mass is 9.79. The van der Waals surface area contributed by atoms with Crippen molar-refractivity contribution in [3.05, 3.63) is 12.2 Å². The van der Waals surface area contributed by atoms with Crippen LogP contribution in [0.2, 0.25) is 0 Å². The fourth-order valence-electron chi connectivity index (χ4n) is 3.39. The van der Waals surface area contributed by atoms with Crippen LogP contribution in [0.5, 0.6) is 0 Å². The Morgan fingerprint density at radius 2 is 1.75 bits per heavy atom. The van der Waals surface area contributed by atoms with Gasteiger partial charge in [0, 0.05) is 0 Å². The van der Waals surface area contributed by atoms with E-state index in [0.29, 0.717) is 0 Å². The Labute approximate surface area is 76.1 Å². The summed E-state index contributed by atoms with van der Waals surface area (Å²) < 4.78 is 0. The lowest BCUT2D eigenvalue weighted by molar-refractivity contribution is 0.281. The minimum Gasteiger partial charge on any atom is -0.0848 e. The standard InChI is InChI=1S/C12H20/c1-3-5-12-10-7-6-9(8-10)11(12)4-2/h6-7,9-12H,3-5,8H2,1-2H3. The van der Waals surface area contributed by atoms with Crippen molar-refractivity contribution in [3.8, 4) is 0 Å². The van der Waals surface area contributed by atoms with Crippen LogP contribution in [0.3, 0.4) is 0 Å². The van der Waals surface area contributed by atoms with E-state index in [2.05, 4.69) is 26.0 Å². The molecular formula is C12H20.